The van der Waals surface area contributed by atoms with Crippen LogP contribution in [-0.4, -0.2) is 27.9 Å². The summed E-state index contributed by atoms with van der Waals surface area (Å²) in [6.07, 6.45) is 11.7. The molecule has 0 aliphatic carbocycles. The van der Waals surface area contributed by atoms with Gasteiger partial charge in [-0.25, -0.2) is 0 Å². The van der Waals surface area contributed by atoms with E-state index in [4.69, 9.17) is 0 Å². The minimum atomic E-state index is 1.31. The molecule has 2 rings (SSSR count). The number of rotatable bonds is 8. The van der Waals surface area contributed by atoms with Gasteiger partial charge in [0.05, 0.1) is 0 Å². The zero-order valence-corrected chi connectivity index (χ0v) is 16.0. The second kappa shape index (κ2) is 13.4. The molecule has 0 aliphatic rings. The van der Waals surface area contributed by atoms with Gasteiger partial charge in [0.1, 0.15) is 0 Å². The van der Waals surface area contributed by atoms with Gasteiger partial charge in [-0.3, -0.25) is 0 Å². The molecular weight excluding hydrogens is 263 g/mol. The molecule has 0 heterocycles. The third-order valence-electron chi connectivity index (χ3n) is 3.87. The van der Waals surface area contributed by atoms with Gasteiger partial charge in [-0.2, -0.15) is 0 Å². The van der Waals surface area contributed by atoms with Crippen LogP contribution in [0.1, 0.15) is 58.3 Å². The van der Waals surface area contributed by atoms with Crippen LogP contribution in [0.25, 0.3) is 10.8 Å². The summed E-state index contributed by atoms with van der Waals surface area (Å²) in [5.41, 5.74) is 0. The average molecular weight is 292 g/mol. The fourth-order valence-electron chi connectivity index (χ4n) is 2.52. The molecule has 2 aromatic rings. The zero-order valence-electron chi connectivity index (χ0n) is 14.0. The molecule has 0 aliphatic heterocycles. The van der Waals surface area contributed by atoms with Crippen molar-refractivity contribution < 1.29 is 0 Å². The molecule has 0 spiro atoms. The van der Waals surface area contributed by atoms with Gasteiger partial charge in [-0.05, 0) is 10.8 Å². The van der Waals surface area contributed by atoms with E-state index in [-0.39, 0.29) is 0 Å². The second-order valence-corrected chi connectivity index (χ2v) is 6.82. The number of hydrogen-bond donors (Lipinski definition) is 0. The van der Waals surface area contributed by atoms with Crippen LogP contribution in [0.5, 0.6) is 0 Å². The van der Waals surface area contributed by atoms with Gasteiger partial charge in [-0.1, -0.05) is 48.5 Å². The van der Waals surface area contributed by atoms with E-state index in [0.29, 0.717) is 0 Å². The SMILES string of the molecule is CCCCCCCCC[CH2][Na].c1ccc2ccccc2c1. The molecule has 0 N–H and O–H groups in total. The van der Waals surface area contributed by atoms with Crippen molar-refractivity contribution in [1.82, 2.24) is 0 Å². The summed E-state index contributed by atoms with van der Waals surface area (Å²) in [4.78, 5) is 0. The fourth-order valence-corrected chi connectivity index (χ4v) is 3.02. The molecule has 0 saturated carbocycles. The maximum Gasteiger partial charge on any atom is -0.0184 e. The van der Waals surface area contributed by atoms with Crippen LogP contribution in [0.2, 0.25) is 3.67 Å². The minimum absolute atomic E-state index is 1.31. The molecule has 1 heteroatoms. The van der Waals surface area contributed by atoms with Crippen LogP contribution in [0.4, 0.5) is 0 Å². The number of fused-ring (bicyclic) bond motifs is 1. The smallest absolute Gasteiger partial charge is 0.0184 e. The van der Waals surface area contributed by atoms with Crippen molar-refractivity contribution in [3.8, 4) is 0 Å². The number of benzene rings is 2. The standard InChI is InChI=1S/C10H8.C10H21.Na/c1-2-6-10-8-4-3-7-9(10)5-1;1-3-5-7-9-10-8-6-4-2;/h1-8H;1,3-10H2,2H3;. The summed E-state index contributed by atoms with van der Waals surface area (Å²) in [5.74, 6) is 0. The maximum atomic E-state index is 2.28. The summed E-state index contributed by atoms with van der Waals surface area (Å²) < 4.78 is 1.51. The van der Waals surface area contributed by atoms with Crippen molar-refractivity contribution in [2.45, 2.75) is 62.0 Å². The van der Waals surface area contributed by atoms with Gasteiger partial charge in [0.2, 0.25) is 0 Å². The molecule has 0 saturated heterocycles. The van der Waals surface area contributed by atoms with E-state index in [1.165, 1.54) is 93.7 Å². The van der Waals surface area contributed by atoms with E-state index in [1.54, 1.807) is 0 Å². The van der Waals surface area contributed by atoms with Crippen molar-refractivity contribution in [1.29, 1.82) is 0 Å². The fraction of sp³-hybridized carbons (Fsp3) is 0.500. The summed E-state index contributed by atoms with van der Waals surface area (Å²) in [6, 6.07) is 16.7. The van der Waals surface area contributed by atoms with E-state index in [9.17, 15) is 0 Å². The van der Waals surface area contributed by atoms with Crippen molar-refractivity contribution >= 4 is 38.7 Å². The Balaban J connectivity index is 0.000000210. The maximum absolute atomic E-state index is 2.28. The van der Waals surface area contributed by atoms with Crippen LogP contribution in [-0.2, 0) is 0 Å². The Hall–Kier alpha value is -0.300. The summed E-state index contributed by atoms with van der Waals surface area (Å²) in [5, 5.41) is 2.62. The largest absolute Gasteiger partial charge is 0.0616 e. The van der Waals surface area contributed by atoms with E-state index in [2.05, 4.69) is 55.5 Å². The van der Waals surface area contributed by atoms with Crippen LogP contribution >= 0.6 is 0 Å². The first-order valence-corrected chi connectivity index (χ1v) is 10.2. The minimum Gasteiger partial charge on any atom is -0.0616 e. The number of hydrogen-bond acceptors (Lipinski definition) is 0. The third kappa shape index (κ3) is 9.34. The Morgan fingerprint density at radius 2 is 1.00 bits per heavy atom. The molecule has 0 fully saturated rings. The predicted octanol–water partition coefficient (Wildman–Crippen LogP) is 6.55. The molecule has 0 aromatic heterocycles. The van der Waals surface area contributed by atoms with Crippen molar-refractivity contribution in [3.05, 3.63) is 48.5 Å². The summed E-state index contributed by atoms with van der Waals surface area (Å²) in [7, 11) is 0. The van der Waals surface area contributed by atoms with E-state index >= 15 is 0 Å². The van der Waals surface area contributed by atoms with Gasteiger partial charge < -0.3 is 0 Å². The van der Waals surface area contributed by atoms with Crippen LogP contribution in [0.3, 0.4) is 0 Å². The first-order valence-electron chi connectivity index (χ1n) is 8.82. The van der Waals surface area contributed by atoms with Gasteiger partial charge in [-0.15, -0.1) is 0 Å². The van der Waals surface area contributed by atoms with E-state index < -0.39 is 0 Å². The second-order valence-electron chi connectivity index (χ2n) is 5.82. The Morgan fingerprint density at radius 3 is 1.38 bits per heavy atom. The van der Waals surface area contributed by atoms with Gasteiger partial charge in [0.15, 0.2) is 0 Å². The first kappa shape index (κ1) is 18.7. The first-order chi connectivity index (χ1) is 10.4. The van der Waals surface area contributed by atoms with Crippen molar-refractivity contribution in [2.24, 2.45) is 0 Å². The molecule has 0 atom stereocenters. The molecule has 0 amide bonds. The predicted molar refractivity (Wildman–Crippen MR) is 97.1 cm³/mol. The Kier molecular flexibility index (Phi) is 11.9. The molecule has 0 nitrogen and oxygen atoms in total. The molecule has 0 radical (unpaired) electrons. The van der Waals surface area contributed by atoms with Crippen LogP contribution < -0.4 is 0 Å². The third-order valence-corrected chi connectivity index (χ3v) is 4.57. The van der Waals surface area contributed by atoms with Gasteiger partial charge >= 0.3 is 89.9 Å². The van der Waals surface area contributed by atoms with Crippen molar-refractivity contribution in [3.63, 3.8) is 0 Å². The number of unbranched alkanes of at least 4 members (excludes halogenated alkanes) is 7. The Bertz CT molecular complexity index is 391. The molecule has 2 aromatic carbocycles. The quantitative estimate of drug-likeness (QED) is 0.382. The monoisotopic (exact) mass is 292 g/mol. The van der Waals surface area contributed by atoms with E-state index in [0.717, 1.165) is 0 Å². The van der Waals surface area contributed by atoms with Gasteiger partial charge in [0.25, 0.3) is 0 Å². The van der Waals surface area contributed by atoms with Crippen LogP contribution in [0, 0.1) is 0 Å². The molecule has 110 valence electrons. The molecule has 0 unspecified atom stereocenters. The normalized spacial score (nSPS) is 10.2. The molecular formula is C20H29Na. The van der Waals surface area contributed by atoms with Crippen LogP contribution in [0.15, 0.2) is 48.5 Å². The Labute approximate surface area is 148 Å². The summed E-state index contributed by atoms with van der Waals surface area (Å²) >= 11 is 1.41. The van der Waals surface area contributed by atoms with E-state index in [1.807, 2.05) is 0 Å². The summed E-state index contributed by atoms with van der Waals surface area (Å²) in [6.45, 7) is 2.28. The van der Waals surface area contributed by atoms with Crippen molar-refractivity contribution in [2.75, 3.05) is 0 Å². The average Bonchev–Trinajstić information content (AvgIpc) is 2.55. The van der Waals surface area contributed by atoms with Gasteiger partial charge in [0, 0.05) is 0 Å². The topological polar surface area (TPSA) is 0 Å². The molecule has 21 heavy (non-hydrogen) atoms. The Morgan fingerprint density at radius 1 is 0.619 bits per heavy atom. The molecule has 0 bridgehead atoms. The zero-order chi connectivity index (χ0) is 15.2.